The highest BCUT2D eigenvalue weighted by Crippen LogP contribution is 2.32. The molecule has 4 N–H and O–H groups in total. The van der Waals surface area contributed by atoms with Crippen LogP contribution in [0.3, 0.4) is 0 Å². The molecule has 1 aliphatic rings. The van der Waals surface area contributed by atoms with E-state index in [1.54, 1.807) is 6.20 Å². The molecule has 98 valence electrons. The first-order chi connectivity index (χ1) is 9.17. The van der Waals surface area contributed by atoms with Gasteiger partial charge in [-0.05, 0) is 30.0 Å². The van der Waals surface area contributed by atoms with E-state index in [4.69, 9.17) is 5.73 Å². The fraction of sp³-hybridized carbons (Fsp3) is 0.286. The largest absolute Gasteiger partial charge is 0.350 e. The molecule has 0 radical (unpaired) electrons. The average molecular weight is 256 g/mol. The summed E-state index contributed by atoms with van der Waals surface area (Å²) >= 11 is 0. The zero-order valence-electron chi connectivity index (χ0n) is 10.5. The van der Waals surface area contributed by atoms with Crippen LogP contribution in [0.1, 0.15) is 18.4 Å². The molecule has 1 fully saturated rings. The van der Waals surface area contributed by atoms with Gasteiger partial charge in [0.25, 0.3) is 0 Å². The number of H-pyrrole nitrogens is 1. The molecule has 1 aliphatic carbocycles. The van der Waals surface area contributed by atoms with Crippen molar-refractivity contribution in [2.75, 3.05) is 0 Å². The molecule has 0 saturated heterocycles. The zero-order chi connectivity index (χ0) is 13.3. The third-order valence-corrected chi connectivity index (χ3v) is 3.46. The Morgan fingerprint density at radius 3 is 2.63 bits per heavy atom. The van der Waals surface area contributed by atoms with Crippen LogP contribution in [-0.2, 0) is 11.3 Å². The predicted octanol–water partition coefficient (Wildman–Crippen LogP) is 1.18. The fourth-order valence-corrected chi connectivity index (χ4v) is 1.94. The normalized spacial score (nSPS) is 16.1. The molecule has 3 rings (SSSR count). The van der Waals surface area contributed by atoms with Gasteiger partial charge in [-0.1, -0.05) is 24.3 Å². The lowest BCUT2D eigenvalue weighted by molar-refractivity contribution is -0.123. The van der Waals surface area contributed by atoms with Crippen LogP contribution in [0.2, 0.25) is 0 Å². The van der Waals surface area contributed by atoms with E-state index in [9.17, 15) is 4.79 Å². The van der Waals surface area contributed by atoms with Gasteiger partial charge in [-0.25, -0.2) is 0 Å². The molecule has 5 heteroatoms. The maximum Gasteiger partial charge on any atom is 0.240 e. The molecule has 0 bridgehead atoms. The quantitative estimate of drug-likeness (QED) is 0.768. The van der Waals surface area contributed by atoms with Crippen molar-refractivity contribution in [1.29, 1.82) is 0 Å². The van der Waals surface area contributed by atoms with E-state index in [0.29, 0.717) is 6.54 Å². The van der Waals surface area contributed by atoms with Crippen molar-refractivity contribution < 1.29 is 4.79 Å². The van der Waals surface area contributed by atoms with Crippen molar-refractivity contribution in [3.8, 4) is 11.3 Å². The van der Waals surface area contributed by atoms with Gasteiger partial charge >= 0.3 is 0 Å². The molecular weight excluding hydrogens is 240 g/mol. The van der Waals surface area contributed by atoms with Gasteiger partial charge in [-0.2, -0.15) is 5.10 Å². The van der Waals surface area contributed by atoms with Gasteiger partial charge in [-0.15, -0.1) is 0 Å². The van der Waals surface area contributed by atoms with Gasteiger partial charge in [-0.3, -0.25) is 9.89 Å². The third kappa shape index (κ3) is 2.51. The average Bonchev–Trinajstić information content (AvgIpc) is 2.97. The van der Waals surface area contributed by atoms with E-state index < -0.39 is 5.54 Å². The Bertz CT molecular complexity index is 570. The number of aromatic nitrogens is 2. The highest BCUT2D eigenvalue weighted by molar-refractivity contribution is 5.88. The highest BCUT2D eigenvalue weighted by Gasteiger charge is 2.45. The smallest absolute Gasteiger partial charge is 0.240 e. The Morgan fingerprint density at radius 1 is 1.32 bits per heavy atom. The standard InChI is InChI=1S/C14H16N4O/c15-14(6-7-14)13(19)16-9-10-1-3-11(4-2-10)12-5-8-17-18-12/h1-5,8H,6-7,9,15H2,(H,16,19)(H,17,18). The molecule has 19 heavy (non-hydrogen) atoms. The number of hydrogen-bond donors (Lipinski definition) is 3. The molecule has 1 saturated carbocycles. The number of benzene rings is 1. The Hall–Kier alpha value is -2.14. The summed E-state index contributed by atoms with van der Waals surface area (Å²) in [4.78, 5) is 11.7. The van der Waals surface area contributed by atoms with Crippen LogP contribution in [0.15, 0.2) is 36.5 Å². The lowest BCUT2D eigenvalue weighted by Crippen LogP contribution is -2.42. The van der Waals surface area contributed by atoms with E-state index in [0.717, 1.165) is 29.7 Å². The first-order valence-corrected chi connectivity index (χ1v) is 6.33. The molecular formula is C14H16N4O. The maximum atomic E-state index is 11.7. The van der Waals surface area contributed by atoms with E-state index >= 15 is 0 Å². The minimum Gasteiger partial charge on any atom is -0.350 e. The second kappa shape index (κ2) is 4.51. The van der Waals surface area contributed by atoms with Crippen LogP contribution in [0.25, 0.3) is 11.3 Å². The van der Waals surface area contributed by atoms with E-state index in [1.165, 1.54) is 0 Å². The summed E-state index contributed by atoms with van der Waals surface area (Å²) in [5, 5.41) is 9.71. The Labute approximate surface area is 111 Å². The second-order valence-electron chi connectivity index (χ2n) is 5.01. The van der Waals surface area contributed by atoms with Crippen LogP contribution in [0.4, 0.5) is 0 Å². The van der Waals surface area contributed by atoms with Crippen LogP contribution >= 0.6 is 0 Å². The van der Waals surface area contributed by atoms with Gasteiger partial charge in [0.05, 0.1) is 11.2 Å². The topological polar surface area (TPSA) is 83.8 Å². The molecule has 2 aromatic rings. The van der Waals surface area contributed by atoms with Crippen molar-refractivity contribution in [1.82, 2.24) is 15.5 Å². The minimum absolute atomic E-state index is 0.0508. The first-order valence-electron chi connectivity index (χ1n) is 6.33. The molecule has 0 unspecified atom stereocenters. The van der Waals surface area contributed by atoms with Crippen LogP contribution in [-0.4, -0.2) is 21.6 Å². The summed E-state index contributed by atoms with van der Waals surface area (Å²) in [6, 6.07) is 9.91. The fourth-order valence-electron chi connectivity index (χ4n) is 1.94. The van der Waals surface area contributed by atoms with Gasteiger partial charge in [0.2, 0.25) is 5.91 Å². The number of nitrogens with zero attached hydrogens (tertiary/aromatic N) is 1. The Kier molecular flexibility index (Phi) is 2.83. The molecule has 0 spiro atoms. The number of carbonyl (C=O) groups is 1. The summed E-state index contributed by atoms with van der Waals surface area (Å²) in [6.45, 7) is 0.515. The number of aromatic amines is 1. The SMILES string of the molecule is NC1(C(=O)NCc2ccc(-c3ccn[nH]3)cc2)CC1. The van der Waals surface area contributed by atoms with Crippen molar-refractivity contribution in [3.05, 3.63) is 42.1 Å². The number of nitrogens with one attached hydrogen (secondary N) is 2. The van der Waals surface area contributed by atoms with E-state index in [2.05, 4.69) is 15.5 Å². The zero-order valence-corrected chi connectivity index (χ0v) is 10.5. The van der Waals surface area contributed by atoms with Crippen molar-refractivity contribution in [2.45, 2.75) is 24.9 Å². The second-order valence-corrected chi connectivity index (χ2v) is 5.01. The number of hydrogen-bond acceptors (Lipinski definition) is 3. The molecule has 1 aromatic carbocycles. The predicted molar refractivity (Wildman–Crippen MR) is 72.0 cm³/mol. The molecule has 1 heterocycles. The van der Waals surface area contributed by atoms with Crippen molar-refractivity contribution in [3.63, 3.8) is 0 Å². The summed E-state index contributed by atoms with van der Waals surface area (Å²) in [5.74, 6) is -0.0508. The van der Waals surface area contributed by atoms with Crippen LogP contribution in [0, 0.1) is 0 Å². The van der Waals surface area contributed by atoms with Gasteiger partial charge in [0.1, 0.15) is 0 Å². The lowest BCUT2D eigenvalue weighted by atomic mass is 10.1. The van der Waals surface area contributed by atoms with Crippen molar-refractivity contribution in [2.24, 2.45) is 5.73 Å². The van der Waals surface area contributed by atoms with Crippen LogP contribution < -0.4 is 11.1 Å². The lowest BCUT2D eigenvalue weighted by Gasteiger charge is -2.10. The monoisotopic (exact) mass is 256 g/mol. The minimum atomic E-state index is -0.601. The molecule has 0 aliphatic heterocycles. The number of carbonyl (C=O) groups excluding carboxylic acids is 1. The molecule has 1 amide bonds. The van der Waals surface area contributed by atoms with E-state index in [1.807, 2.05) is 30.3 Å². The summed E-state index contributed by atoms with van der Waals surface area (Å²) in [7, 11) is 0. The highest BCUT2D eigenvalue weighted by atomic mass is 16.2. The molecule has 1 aromatic heterocycles. The summed E-state index contributed by atoms with van der Waals surface area (Å²) in [5.41, 5.74) is 8.33. The number of rotatable bonds is 4. The Balaban J connectivity index is 1.62. The number of amides is 1. The summed E-state index contributed by atoms with van der Waals surface area (Å²) in [6.07, 6.45) is 3.30. The molecule has 0 atom stereocenters. The van der Waals surface area contributed by atoms with Crippen molar-refractivity contribution >= 4 is 5.91 Å². The molecule has 5 nitrogen and oxygen atoms in total. The first kappa shape index (κ1) is 11.9. The van der Waals surface area contributed by atoms with Gasteiger partial charge in [0.15, 0.2) is 0 Å². The number of nitrogens with two attached hydrogens (primary N) is 1. The van der Waals surface area contributed by atoms with Gasteiger partial charge < -0.3 is 11.1 Å². The summed E-state index contributed by atoms with van der Waals surface area (Å²) < 4.78 is 0. The maximum absolute atomic E-state index is 11.7. The van der Waals surface area contributed by atoms with Gasteiger partial charge in [0, 0.05) is 12.7 Å². The van der Waals surface area contributed by atoms with Crippen LogP contribution in [0.5, 0.6) is 0 Å². The Morgan fingerprint density at radius 2 is 2.05 bits per heavy atom. The van der Waals surface area contributed by atoms with E-state index in [-0.39, 0.29) is 5.91 Å². The third-order valence-electron chi connectivity index (χ3n) is 3.46.